The summed E-state index contributed by atoms with van der Waals surface area (Å²) in [6.07, 6.45) is 1.76. The fourth-order valence-electron chi connectivity index (χ4n) is 2.92. The second-order valence-electron chi connectivity index (χ2n) is 6.09. The van der Waals surface area contributed by atoms with E-state index in [-0.39, 0.29) is 0 Å². The molecular weight excluding hydrogens is 324 g/mol. The Morgan fingerprint density at radius 3 is 2.54 bits per heavy atom. The molecule has 0 fully saturated rings. The van der Waals surface area contributed by atoms with Crippen LogP contribution in [0.15, 0.2) is 65.2 Å². The third kappa shape index (κ3) is 2.95. The lowest BCUT2D eigenvalue weighted by atomic mass is 10.0. The van der Waals surface area contributed by atoms with Crippen molar-refractivity contribution in [3.63, 3.8) is 0 Å². The van der Waals surface area contributed by atoms with Gasteiger partial charge in [0.2, 0.25) is 0 Å². The van der Waals surface area contributed by atoms with Gasteiger partial charge in [0.1, 0.15) is 11.4 Å². The van der Waals surface area contributed by atoms with E-state index in [0.717, 1.165) is 33.9 Å². The molecule has 26 heavy (non-hydrogen) atoms. The molecule has 1 aromatic carbocycles. The molecule has 0 saturated heterocycles. The van der Waals surface area contributed by atoms with Crippen molar-refractivity contribution in [2.75, 3.05) is 5.73 Å². The smallest absolute Gasteiger partial charge is 0.192 e. The quantitative estimate of drug-likeness (QED) is 0.548. The number of benzene rings is 1. The third-order valence-corrected chi connectivity index (χ3v) is 4.13. The molecule has 2 N–H and O–H groups in total. The summed E-state index contributed by atoms with van der Waals surface area (Å²) in [7, 11) is 0. The standard InChI is InChI=1S/C21H18N4O/c1-13-6-5-9-18(24-13)21-20(25-14(2)26-21)15-10-11-23-19(12-15)16-7-3-4-8-17(16)22/h3-12H,22H2,1-2H3. The summed E-state index contributed by atoms with van der Waals surface area (Å²) in [6.45, 7) is 3.79. The molecule has 0 aliphatic heterocycles. The van der Waals surface area contributed by atoms with Crippen LogP contribution in [-0.2, 0) is 0 Å². The van der Waals surface area contributed by atoms with Gasteiger partial charge < -0.3 is 10.2 Å². The highest BCUT2D eigenvalue weighted by atomic mass is 16.4. The van der Waals surface area contributed by atoms with Gasteiger partial charge in [-0.05, 0) is 37.3 Å². The van der Waals surface area contributed by atoms with E-state index in [1.807, 2.05) is 68.4 Å². The van der Waals surface area contributed by atoms with E-state index in [0.29, 0.717) is 17.3 Å². The van der Waals surface area contributed by atoms with E-state index in [4.69, 9.17) is 10.2 Å². The molecule has 4 aromatic rings. The van der Waals surface area contributed by atoms with Crippen LogP contribution in [0.2, 0.25) is 0 Å². The van der Waals surface area contributed by atoms with Crippen LogP contribution in [0.1, 0.15) is 11.6 Å². The number of nitrogens with zero attached hydrogens (tertiary/aromatic N) is 3. The number of hydrogen-bond acceptors (Lipinski definition) is 5. The average molecular weight is 342 g/mol. The highest BCUT2D eigenvalue weighted by Gasteiger charge is 2.17. The number of pyridine rings is 2. The van der Waals surface area contributed by atoms with Crippen molar-refractivity contribution < 1.29 is 4.42 Å². The highest BCUT2D eigenvalue weighted by molar-refractivity contribution is 5.80. The summed E-state index contributed by atoms with van der Waals surface area (Å²) in [6, 6.07) is 17.4. The lowest BCUT2D eigenvalue weighted by molar-refractivity contribution is 0.532. The van der Waals surface area contributed by atoms with E-state index in [2.05, 4.69) is 15.0 Å². The van der Waals surface area contributed by atoms with Crippen LogP contribution >= 0.6 is 0 Å². The van der Waals surface area contributed by atoms with E-state index < -0.39 is 0 Å². The van der Waals surface area contributed by atoms with Crippen molar-refractivity contribution in [1.29, 1.82) is 0 Å². The number of aryl methyl sites for hydroxylation is 2. The first kappa shape index (κ1) is 16.0. The summed E-state index contributed by atoms with van der Waals surface area (Å²) < 4.78 is 5.86. The second kappa shape index (κ2) is 6.44. The molecule has 0 saturated carbocycles. The third-order valence-electron chi connectivity index (χ3n) is 4.13. The first-order valence-corrected chi connectivity index (χ1v) is 8.34. The molecule has 0 bridgehead atoms. The minimum absolute atomic E-state index is 0.593. The largest absolute Gasteiger partial charge is 0.439 e. The van der Waals surface area contributed by atoms with Gasteiger partial charge in [-0.25, -0.2) is 9.97 Å². The molecule has 4 rings (SSSR count). The lowest BCUT2D eigenvalue weighted by Gasteiger charge is -2.07. The van der Waals surface area contributed by atoms with E-state index >= 15 is 0 Å². The maximum atomic E-state index is 6.10. The number of nitrogens with two attached hydrogens (primary N) is 1. The first-order chi connectivity index (χ1) is 12.6. The molecular formula is C21H18N4O. The average Bonchev–Trinajstić information content (AvgIpc) is 3.04. The van der Waals surface area contributed by atoms with Gasteiger partial charge >= 0.3 is 0 Å². The Morgan fingerprint density at radius 2 is 1.73 bits per heavy atom. The zero-order chi connectivity index (χ0) is 18.1. The Balaban J connectivity index is 1.85. The van der Waals surface area contributed by atoms with Crippen molar-refractivity contribution in [2.45, 2.75) is 13.8 Å². The summed E-state index contributed by atoms with van der Waals surface area (Å²) in [5, 5.41) is 0. The van der Waals surface area contributed by atoms with Crippen LogP contribution in [-0.4, -0.2) is 15.0 Å². The summed E-state index contributed by atoms with van der Waals surface area (Å²) in [5.74, 6) is 1.25. The predicted molar refractivity (Wildman–Crippen MR) is 102 cm³/mol. The summed E-state index contributed by atoms with van der Waals surface area (Å²) in [5.41, 5.74) is 11.8. The molecule has 5 nitrogen and oxygen atoms in total. The molecule has 0 unspecified atom stereocenters. The minimum Gasteiger partial charge on any atom is -0.439 e. The van der Waals surface area contributed by atoms with Gasteiger partial charge in [-0.1, -0.05) is 24.3 Å². The van der Waals surface area contributed by atoms with Gasteiger partial charge in [-0.3, -0.25) is 4.98 Å². The zero-order valence-corrected chi connectivity index (χ0v) is 14.6. The number of para-hydroxylation sites is 1. The van der Waals surface area contributed by atoms with Crippen LogP contribution in [0.5, 0.6) is 0 Å². The Kier molecular flexibility index (Phi) is 3.97. The van der Waals surface area contributed by atoms with Crippen molar-refractivity contribution in [1.82, 2.24) is 15.0 Å². The van der Waals surface area contributed by atoms with Crippen molar-refractivity contribution in [2.24, 2.45) is 0 Å². The topological polar surface area (TPSA) is 77.8 Å². The van der Waals surface area contributed by atoms with E-state index in [1.54, 1.807) is 6.20 Å². The van der Waals surface area contributed by atoms with Crippen molar-refractivity contribution in [3.05, 3.63) is 72.4 Å². The summed E-state index contributed by atoms with van der Waals surface area (Å²) in [4.78, 5) is 13.6. The molecule has 0 aliphatic rings. The molecule has 3 aromatic heterocycles. The Morgan fingerprint density at radius 1 is 0.885 bits per heavy atom. The van der Waals surface area contributed by atoms with Crippen LogP contribution < -0.4 is 5.73 Å². The monoisotopic (exact) mass is 342 g/mol. The van der Waals surface area contributed by atoms with Gasteiger partial charge in [0.15, 0.2) is 11.7 Å². The van der Waals surface area contributed by atoms with Gasteiger partial charge in [0.25, 0.3) is 0 Å². The second-order valence-corrected chi connectivity index (χ2v) is 6.09. The fraction of sp³-hybridized carbons (Fsp3) is 0.0952. The van der Waals surface area contributed by atoms with Gasteiger partial charge in [-0.15, -0.1) is 0 Å². The minimum atomic E-state index is 0.593. The van der Waals surface area contributed by atoms with Crippen LogP contribution in [0.4, 0.5) is 5.69 Å². The summed E-state index contributed by atoms with van der Waals surface area (Å²) >= 11 is 0. The SMILES string of the molecule is Cc1cccc(-c2oc(C)nc2-c2ccnc(-c3ccccc3N)c2)n1. The fourth-order valence-corrected chi connectivity index (χ4v) is 2.92. The number of rotatable bonds is 3. The lowest BCUT2D eigenvalue weighted by Crippen LogP contribution is -1.93. The molecule has 128 valence electrons. The Bertz CT molecular complexity index is 1080. The molecule has 3 heterocycles. The number of aromatic nitrogens is 3. The van der Waals surface area contributed by atoms with Gasteiger partial charge in [-0.2, -0.15) is 0 Å². The maximum Gasteiger partial charge on any atom is 0.192 e. The predicted octanol–water partition coefficient (Wildman–Crippen LogP) is 4.66. The number of anilines is 1. The molecule has 5 heteroatoms. The van der Waals surface area contributed by atoms with Crippen LogP contribution in [0, 0.1) is 13.8 Å². The highest BCUT2D eigenvalue weighted by Crippen LogP contribution is 2.33. The van der Waals surface area contributed by atoms with Crippen molar-refractivity contribution >= 4 is 5.69 Å². The first-order valence-electron chi connectivity index (χ1n) is 8.34. The zero-order valence-electron chi connectivity index (χ0n) is 14.6. The van der Waals surface area contributed by atoms with E-state index in [9.17, 15) is 0 Å². The number of oxazole rings is 1. The number of hydrogen-bond donors (Lipinski definition) is 1. The van der Waals surface area contributed by atoms with Crippen LogP contribution in [0.3, 0.4) is 0 Å². The van der Waals surface area contributed by atoms with Gasteiger partial charge in [0.05, 0.1) is 5.69 Å². The Hall–Kier alpha value is -3.47. The molecule has 0 aliphatic carbocycles. The maximum absolute atomic E-state index is 6.10. The van der Waals surface area contributed by atoms with Crippen LogP contribution in [0.25, 0.3) is 34.0 Å². The Labute approximate surface area is 151 Å². The van der Waals surface area contributed by atoms with Crippen molar-refractivity contribution in [3.8, 4) is 34.0 Å². The molecule has 0 atom stereocenters. The molecule has 0 radical (unpaired) electrons. The number of nitrogen functional groups attached to an aromatic ring is 1. The molecule has 0 spiro atoms. The van der Waals surface area contributed by atoms with E-state index in [1.165, 1.54) is 0 Å². The molecule has 0 amide bonds. The van der Waals surface area contributed by atoms with Gasteiger partial charge in [0, 0.05) is 35.6 Å². The normalized spacial score (nSPS) is 10.8.